The van der Waals surface area contributed by atoms with Crippen LogP contribution < -0.4 is 10.2 Å². The highest BCUT2D eigenvalue weighted by atomic mass is 32.1. The molecule has 2 aromatic rings. The van der Waals surface area contributed by atoms with Crippen molar-refractivity contribution in [3.05, 3.63) is 10.9 Å². The Morgan fingerprint density at radius 1 is 1.43 bits per heavy atom. The first-order valence-corrected chi connectivity index (χ1v) is 8.63. The number of thiophene rings is 1. The summed E-state index contributed by atoms with van der Waals surface area (Å²) in [6.45, 7) is 8.63. The SMILES string of the molecule is CCCNc1nc(N(C)CC2CC2C)c2cc(C)sc2n1. The molecule has 2 heterocycles. The summed E-state index contributed by atoms with van der Waals surface area (Å²) in [5.74, 6) is 3.53. The molecule has 1 aliphatic carbocycles. The van der Waals surface area contributed by atoms with Crippen molar-refractivity contribution in [2.45, 2.75) is 33.6 Å². The fraction of sp³-hybridized carbons (Fsp3) is 0.625. The van der Waals surface area contributed by atoms with Crippen molar-refractivity contribution in [1.82, 2.24) is 9.97 Å². The fourth-order valence-electron chi connectivity index (χ4n) is 2.73. The van der Waals surface area contributed by atoms with E-state index in [0.717, 1.165) is 47.9 Å². The second-order valence-electron chi connectivity index (χ2n) is 6.23. The first-order valence-electron chi connectivity index (χ1n) is 7.81. The lowest BCUT2D eigenvalue weighted by atomic mass is 10.3. The Hall–Kier alpha value is -1.36. The summed E-state index contributed by atoms with van der Waals surface area (Å²) in [6, 6.07) is 2.21. The van der Waals surface area contributed by atoms with Gasteiger partial charge in [0, 0.05) is 25.0 Å². The highest BCUT2D eigenvalue weighted by Crippen LogP contribution is 2.39. The normalized spacial score (nSPS) is 20.8. The molecule has 2 aromatic heterocycles. The maximum Gasteiger partial charge on any atom is 0.226 e. The Labute approximate surface area is 130 Å². The number of aryl methyl sites for hydroxylation is 1. The third kappa shape index (κ3) is 3.12. The predicted molar refractivity (Wildman–Crippen MR) is 91.5 cm³/mol. The molecular formula is C16H24N4S. The molecule has 0 saturated heterocycles. The van der Waals surface area contributed by atoms with Gasteiger partial charge in [-0.1, -0.05) is 13.8 Å². The molecule has 2 atom stereocenters. The monoisotopic (exact) mass is 304 g/mol. The summed E-state index contributed by atoms with van der Waals surface area (Å²) in [5.41, 5.74) is 0. The average Bonchev–Trinajstić information content (AvgIpc) is 2.99. The molecule has 2 unspecified atom stereocenters. The molecule has 0 aliphatic heterocycles. The number of hydrogen-bond donors (Lipinski definition) is 1. The molecule has 5 heteroatoms. The number of hydrogen-bond acceptors (Lipinski definition) is 5. The lowest BCUT2D eigenvalue weighted by Crippen LogP contribution is -2.22. The third-order valence-electron chi connectivity index (χ3n) is 4.18. The van der Waals surface area contributed by atoms with E-state index in [1.165, 1.54) is 16.7 Å². The molecule has 4 nitrogen and oxygen atoms in total. The van der Waals surface area contributed by atoms with Gasteiger partial charge in [0.1, 0.15) is 10.6 Å². The summed E-state index contributed by atoms with van der Waals surface area (Å²) in [4.78, 5) is 14.1. The van der Waals surface area contributed by atoms with Gasteiger partial charge in [-0.25, -0.2) is 4.98 Å². The molecular weight excluding hydrogens is 280 g/mol. The van der Waals surface area contributed by atoms with Crippen molar-refractivity contribution in [1.29, 1.82) is 0 Å². The van der Waals surface area contributed by atoms with Crippen molar-refractivity contribution >= 4 is 33.3 Å². The maximum atomic E-state index is 4.77. The molecule has 1 fully saturated rings. The summed E-state index contributed by atoms with van der Waals surface area (Å²) in [5, 5.41) is 4.52. The van der Waals surface area contributed by atoms with Crippen LogP contribution in [0, 0.1) is 18.8 Å². The smallest absolute Gasteiger partial charge is 0.226 e. The first kappa shape index (κ1) is 14.6. The van der Waals surface area contributed by atoms with Crippen LogP contribution in [-0.2, 0) is 0 Å². The molecule has 3 rings (SSSR count). The predicted octanol–water partition coefficient (Wildman–Crippen LogP) is 3.91. The van der Waals surface area contributed by atoms with Gasteiger partial charge < -0.3 is 10.2 Å². The van der Waals surface area contributed by atoms with Crippen molar-refractivity contribution in [3.8, 4) is 0 Å². The van der Waals surface area contributed by atoms with Crippen molar-refractivity contribution in [2.24, 2.45) is 11.8 Å². The molecule has 1 N–H and O–H groups in total. The average molecular weight is 304 g/mol. The maximum absolute atomic E-state index is 4.77. The van der Waals surface area contributed by atoms with Crippen molar-refractivity contribution in [2.75, 3.05) is 30.4 Å². The van der Waals surface area contributed by atoms with Crippen LogP contribution in [0.1, 0.15) is 31.6 Å². The van der Waals surface area contributed by atoms with E-state index in [0.29, 0.717) is 0 Å². The number of nitrogens with zero attached hydrogens (tertiary/aromatic N) is 3. The minimum atomic E-state index is 0.761. The fourth-order valence-corrected chi connectivity index (χ4v) is 3.60. The number of aromatic nitrogens is 2. The molecule has 0 spiro atoms. The van der Waals surface area contributed by atoms with E-state index in [1.807, 2.05) is 0 Å². The Morgan fingerprint density at radius 2 is 2.19 bits per heavy atom. The van der Waals surface area contributed by atoms with Crippen LogP contribution in [0.25, 0.3) is 10.2 Å². The van der Waals surface area contributed by atoms with Gasteiger partial charge in [0.15, 0.2) is 0 Å². The largest absolute Gasteiger partial charge is 0.359 e. The van der Waals surface area contributed by atoms with Crippen molar-refractivity contribution < 1.29 is 0 Å². The number of anilines is 2. The zero-order valence-electron chi connectivity index (χ0n) is 13.3. The molecule has 1 aliphatic rings. The van der Waals surface area contributed by atoms with E-state index in [4.69, 9.17) is 4.98 Å². The second kappa shape index (κ2) is 5.79. The summed E-state index contributed by atoms with van der Waals surface area (Å²) in [7, 11) is 2.16. The van der Waals surface area contributed by atoms with Crippen LogP contribution in [0.2, 0.25) is 0 Å². The van der Waals surface area contributed by atoms with Crippen LogP contribution in [0.15, 0.2) is 6.07 Å². The van der Waals surface area contributed by atoms with E-state index in [-0.39, 0.29) is 0 Å². The van der Waals surface area contributed by atoms with Gasteiger partial charge >= 0.3 is 0 Å². The lowest BCUT2D eigenvalue weighted by Gasteiger charge is -2.19. The standard InChI is InChI=1S/C16H24N4S/c1-5-6-17-16-18-14(20(4)9-12-7-10(12)2)13-8-11(3)21-15(13)19-16/h8,10,12H,5-7,9H2,1-4H3,(H,17,18,19). The highest BCUT2D eigenvalue weighted by Gasteiger charge is 2.33. The number of fused-ring (bicyclic) bond motifs is 1. The number of rotatable bonds is 6. The molecule has 114 valence electrons. The van der Waals surface area contributed by atoms with Crippen LogP contribution in [0.3, 0.4) is 0 Å². The van der Waals surface area contributed by atoms with Gasteiger partial charge in [-0.15, -0.1) is 11.3 Å². The minimum absolute atomic E-state index is 0.761. The van der Waals surface area contributed by atoms with Crippen LogP contribution in [0.5, 0.6) is 0 Å². The summed E-state index contributed by atoms with van der Waals surface area (Å²) < 4.78 is 0. The molecule has 0 aromatic carbocycles. The van der Waals surface area contributed by atoms with Gasteiger partial charge in [-0.3, -0.25) is 0 Å². The first-order chi connectivity index (χ1) is 10.1. The second-order valence-corrected chi connectivity index (χ2v) is 7.46. The van der Waals surface area contributed by atoms with E-state index in [2.05, 4.69) is 49.1 Å². The van der Waals surface area contributed by atoms with E-state index in [1.54, 1.807) is 11.3 Å². The highest BCUT2D eigenvalue weighted by molar-refractivity contribution is 7.18. The van der Waals surface area contributed by atoms with Gasteiger partial charge in [0.2, 0.25) is 5.95 Å². The topological polar surface area (TPSA) is 41.1 Å². The molecule has 0 bridgehead atoms. The Bertz CT molecular complexity index is 636. The van der Waals surface area contributed by atoms with Gasteiger partial charge in [-0.2, -0.15) is 4.98 Å². The van der Waals surface area contributed by atoms with Crippen molar-refractivity contribution in [3.63, 3.8) is 0 Å². The molecule has 21 heavy (non-hydrogen) atoms. The molecule has 0 radical (unpaired) electrons. The minimum Gasteiger partial charge on any atom is -0.359 e. The van der Waals surface area contributed by atoms with Gasteiger partial charge in [0.05, 0.1) is 5.39 Å². The zero-order valence-corrected chi connectivity index (χ0v) is 14.1. The molecule has 0 amide bonds. The Kier molecular flexibility index (Phi) is 4.02. The van der Waals surface area contributed by atoms with Gasteiger partial charge in [0.25, 0.3) is 0 Å². The quantitative estimate of drug-likeness (QED) is 0.878. The van der Waals surface area contributed by atoms with Crippen LogP contribution in [0.4, 0.5) is 11.8 Å². The zero-order chi connectivity index (χ0) is 15.0. The Balaban J connectivity index is 1.93. The number of nitrogens with one attached hydrogen (secondary N) is 1. The van der Waals surface area contributed by atoms with E-state index < -0.39 is 0 Å². The van der Waals surface area contributed by atoms with E-state index in [9.17, 15) is 0 Å². The summed E-state index contributed by atoms with van der Waals surface area (Å²) in [6.07, 6.45) is 2.43. The van der Waals surface area contributed by atoms with E-state index >= 15 is 0 Å². The Morgan fingerprint density at radius 3 is 2.86 bits per heavy atom. The third-order valence-corrected chi connectivity index (χ3v) is 5.12. The van der Waals surface area contributed by atoms with Crippen LogP contribution >= 0.6 is 11.3 Å². The summed E-state index contributed by atoms with van der Waals surface area (Å²) >= 11 is 1.75. The van der Waals surface area contributed by atoms with Crippen LogP contribution in [-0.4, -0.2) is 30.1 Å². The van der Waals surface area contributed by atoms with Gasteiger partial charge in [-0.05, 0) is 37.7 Å². The lowest BCUT2D eigenvalue weighted by molar-refractivity contribution is 0.721. The molecule has 1 saturated carbocycles.